The molecule has 0 spiro atoms. The third-order valence-corrected chi connectivity index (χ3v) is 18.1. The van der Waals surface area contributed by atoms with Gasteiger partial charge >= 0.3 is 0 Å². The number of hydrogen-bond acceptors (Lipinski definition) is 3. The van der Waals surface area contributed by atoms with Crippen molar-refractivity contribution in [2.24, 2.45) is 0 Å². The smallest absolute Gasteiger partial charge is 0.0776 e. The van der Waals surface area contributed by atoms with Crippen LogP contribution in [0.2, 0.25) is 58.9 Å². The molecule has 3 heterocycles. The molecule has 9 aromatic rings. The molecule has 0 atom stereocenters. The number of rotatable bonds is 9. The second-order valence-electron chi connectivity index (χ2n) is 20.6. The van der Waals surface area contributed by atoms with Gasteiger partial charge in [-0.3, -0.25) is 0 Å². The van der Waals surface area contributed by atoms with E-state index in [0.29, 0.717) is 0 Å². The van der Waals surface area contributed by atoms with E-state index in [2.05, 4.69) is 239 Å². The maximum Gasteiger partial charge on any atom is 0.0776 e. The number of aromatic nitrogens is 3. The van der Waals surface area contributed by atoms with E-state index in [0.717, 1.165) is 33.8 Å². The number of hydrogen-bond donors (Lipinski definition) is 0. The molecule has 0 aliphatic carbocycles. The molecule has 0 amide bonds. The molecule has 0 unspecified atom stereocenters. The van der Waals surface area contributed by atoms with Gasteiger partial charge in [-0.25, -0.2) is 0 Å². The second kappa shape index (κ2) is 26.4. The van der Waals surface area contributed by atoms with Crippen molar-refractivity contribution in [1.29, 1.82) is 0 Å². The van der Waals surface area contributed by atoms with E-state index >= 15 is 0 Å². The van der Waals surface area contributed by atoms with E-state index in [1.165, 1.54) is 60.1 Å². The van der Waals surface area contributed by atoms with Crippen molar-refractivity contribution in [3.8, 4) is 67.2 Å². The molecule has 0 aliphatic rings. The van der Waals surface area contributed by atoms with Crippen molar-refractivity contribution in [1.82, 2.24) is 15.0 Å². The number of pyridine rings is 3. The fraction of sp³-hybridized carbons (Fsp3) is 0.177. The molecular weight excluding hydrogens is 1450 g/mol. The van der Waals surface area contributed by atoms with Crippen LogP contribution in [0.15, 0.2) is 188 Å². The molecule has 0 bridgehead atoms. The zero-order valence-corrected chi connectivity index (χ0v) is 52.9. The summed E-state index contributed by atoms with van der Waals surface area (Å²) in [5.41, 5.74) is 15.8. The third kappa shape index (κ3) is 16.7. The van der Waals surface area contributed by atoms with Crippen molar-refractivity contribution in [3.05, 3.63) is 218 Å². The van der Waals surface area contributed by atoms with Crippen LogP contribution in [0.25, 0.3) is 67.2 Å². The minimum atomic E-state index is -1.30. The van der Waals surface area contributed by atoms with E-state index in [9.17, 15) is 0 Å². The van der Waals surface area contributed by atoms with Gasteiger partial charge in [-0.15, -0.1) is 106 Å². The number of aryl methyl sites for hydroxylation is 2. The summed E-state index contributed by atoms with van der Waals surface area (Å²) in [6.45, 7) is 25.5. The van der Waals surface area contributed by atoms with Crippen molar-refractivity contribution >= 4 is 39.8 Å². The molecule has 3 nitrogen and oxygen atoms in total. The van der Waals surface area contributed by atoms with E-state index in [1.807, 2.05) is 55.0 Å². The zero-order chi connectivity index (χ0) is 48.5. The average Bonchev–Trinajstić information content (AvgIpc) is 3.35. The van der Waals surface area contributed by atoms with E-state index in [1.54, 1.807) is 0 Å². The molecule has 369 valence electrons. The first-order valence-corrected chi connectivity index (χ1v) is 34.1. The Morgan fingerprint density at radius 2 is 0.704 bits per heavy atom. The molecular formula is C62H64Ir3N3Si3-3. The molecule has 9 heteroatoms. The first kappa shape index (κ1) is 58.9. The number of benzene rings is 6. The largest absolute Gasteiger partial charge is 0.305 e. The number of nitrogens with zero attached hydrogens (tertiary/aromatic N) is 3. The minimum Gasteiger partial charge on any atom is -0.305 e. The Morgan fingerprint density at radius 1 is 0.324 bits per heavy atom. The van der Waals surface area contributed by atoms with Crippen LogP contribution in [0.4, 0.5) is 0 Å². The van der Waals surface area contributed by atoms with Gasteiger partial charge in [0, 0.05) is 78.9 Å². The summed E-state index contributed by atoms with van der Waals surface area (Å²) in [5.74, 6) is 0. The van der Waals surface area contributed by atoms with Gasteiger partial charge < -0.3 is 15.0 Å². The Labute approximate surface area is 468 Å². The summed E-state index contributed by atoms with van der Waals surface area (Å²) in [7, 11) is -3.84. The predicted molar refractivity (Wildman–Crippen MR) is 300 cm³/mol. The van der Waals surface area contributed by atoms with Gasteiger partial charge in [0.25, 0.3) is 0 Å². The van der Waals surface area contributed by atoms with Crippen LogP contribution in [-0.2, 0) is 60.3 Å². The zero-order valence-electron chi connectivity index (χ0n) is 42.7. The molecule has 71 heavy (non-hydrogen) atoms. The Morgan fingerprint density at radius 3 is 1.06 bits per heavy atom. The Kier molecular flexibility index (Phi) is 21.9. The van der Waals surface area contributed by atoms with Crippen molar-refractivity contribution in [3.63, 3.8) is 0 Å². The Hall–Kier alpha value is -4.63. The van der Waals surface area contributed by atoms with E-state index < -0.39 is 24.2 Å². The van der Waals surface area contributed by atoms with Crippen LogP contribution < -0.4 is 15.6 Å². The van der Waals surface area contributed by atoms with Crippen LogP contribution in [0, 0.1) is 32.0 Å². The van der Waals surface area contributed by atoms with Crippen molar-refractivity contribution < 1.29 is 60.3 Å². The maximum absolute atomic E-state index is 4.52. The van der Waals surface area contributed by atoms with Gasteiger partial charge in [0.2, 0.25) is 0 Å². The average molecular weight is 1510 g/mol. The van der Waals surface area contributed by atoms with Crippen LogP contribution in [0.1, 0.15) is 11.1 Å². The van der Waals surface area contributed by atoms with Crippen LogP contribution in [0.3, 0.4) is 0 Å². The van der Waals surface area contributed by atoms with Crippen LogP contribution in [-0.4, -0.2) is 39.2 Å². The fourth-order valence-electron chi connectivity index (χ4n) is 7.65. The normalized spacial score (nSPS) is 11.0. The molecule has 6 aromatic carbocycles. The van der Waals surface area contributed by atoms with Crippen molar-refractivity contribution in [2.45, 2.75) is 72.8 Å². The van der Waals surface area contributed by atoms with Gasteiger partial charge in [0.1, 0.15) is 0 Å². The summed E-state index contributed by atoms with van der Waals surface area (Å²) in [4.78, 5) is 13.4. The third-order valence-electron chi connectivity index (χ3n) is 11.9. The van der Waals surface area contributed by atoms with Crippen LogP contribution >= 0.6 is 0 Å². The molecule has 3 radical (unpaired) electrons. The molecule has 0 saturated carbocycles. The van der Waals surface area contributed by atoms with E-state index in [4.69, 9.17) is 0 Å². The van der Waals surface area contributed by atoms with Crippen LogP contribution in [0.5, 0.6) is 0 Å². The fourth-order valence-corrected chi connectivity index (χ4v) is 11.2. The summed E-state index contributed by atoms with van der Waals surface area (Å²) < 4.78 is 0. The Balaban J connectivity index is 0.000000227. The first-order valence-electron chi connectivity index (χ1n) is 23.6. The van der Waals surface area contributed by atoms with Gasteiger partial charge in [0.15, 0.2) is 0 Å². The molecule has 0 N–H and O–H groups in total. The summed E-state index contributed by atoms with van der Waals surface area (Å²) >= 11 is 0. The summed E-state index contributed by atoms with van der Waals surface area (Å²) in [6.07, 6.45) is 5.63. The first-order chi connectivity index (χ1) is 32.4. The minimum absolute atomic E-state index is 0. The van der Waals surface area contributed by atoms with Gasteiger partial charge in [0.05, 0.1) is 24.2 Å². The van der Waals surface area contributed by atoms with Gasteiger partial charge in [-0.05, 0) is 64.8 Å². The topological polar surface area (TPSA) is 38.7 Å². The monoisotopic (exact) mass is 1510 g/mol. The van der Waals surface area contributed by atoms with Gasteiger partial charge in [-0.2, -0.15) is 0 Å². The van der Waals surface area contributed by atoms with Gasteiger partial charge in [-0.1, -0.05) is 184 Å². The molecule has 9 rings (SSSR count). The summed E-state index contributed by atoms with van der Waals surface area (Å²) in [5, 5.41) is 4.46. The predicted octanol–water partition coefficient (Wildman–Crippen LogP) is 14.9. The summed E-state index contributed by atoms with van der Waals surface area (Å²) in [6, 6.07) is 69.9. The molecule has 0 saturated heterocycles. The quantitative estimate of drug-likeness (QED) is 0.107. The molecule has 3 aromatic heterocycles. The molecule has 0 aliphatic heterocycles. The molecule has 0 fully saturated rings. The maximum atomic E-state index is 4.52. The SMILES string of the molecule is C[Si](C)(C)c1cccc(-c2cc[c-]c(-c3ccccn3)c2)c1.Cc1ccc(-c2[c-]ccc(-c3ccc([Si](C)(C)C)cc3)c2)nc1.Cc1ccc(-c2[c-]ccc(-c3cccc([Si](C)(C)C)c3)c2)nc1.[Ir].[Ir].[Ir]. The van der Waals surface area contributed by atoms with Crippen molar-refractivity contribution in [2.75, 3.05) is 0 Å². The second-order valence-corrected chi connectivity index (χ2v) is 35.9. The standard InChI is InChI=1S/2C21H22NSi.C20H20NSi.3Ir/c1-16-11-12-21(22-15-16)19-9-5-7-17(13-19)18-8-6-10-20(14-18)23(2,3)4;1-16-8-13-21(22-15-16)19-7-5-6-18(14-19)17-9-11-20(12-10-17)23(2,3)4;1-22(2,3)19-11-7-9-17(15-19)16-8-6-10-18(14-16)20-12-4-5-13-21-20;;;/h5-8,10-15H,1-4H3;5-6,8-15H,1-4H3;4-9,11-15H,1-3H3;;;/q3*-1;;;. The van der Waals surface area contributed by atoms with E-state index in [-0.39, 0.29) is 60.3 Å². The Bertz CT molecular complexity index is 3070.